The Balaban J connectivity index is 1.81. The molecule has 0 bridgehead atoms. The molecule has 0 saturated carbocycles. The van der Waals surface area contributed by atoms with Crippen LogP contribution >= 0.6 is 0 Å². The Labute approximate surface area is 177 Å². The van der Waals surface area contributed by atoms with Crippen LogP contribution in [0.1, 0.15) is 36.3 Å². The minimum Gasteiger partial charge on any atom is -0.478 e. The van der Waals surface area contributed by atoms with Crippen molar-refractivity contribution in [3.05, 3.63) is 71.6 Å². The number of carboxylic acids is 1. The van der Waals surface area contributed by atoms with E-state index >= 15 is 0 Å². The second-order valence-corrected chi connectivity index (χ2v) is 7.54. The largest absolute Gasteiger partial charge is 0.478 e. The first-order chi connectivity index (χ1) is 14.7. The van der Waals surface area contributed by atoms with Gasteiger partial charge in [0, 0.05) is 23.7 Å². The van der Waals surface area contributed by atoms with Crippen molar-refractivity contribution in [3.63, 3.8) is 0 Å². The van der Waals surface area contributed by atoms with Crippen LogP contribution in [0.5, 0.6) is 0 Å². The van der Waals surface area contributed by atoms with Gasteiger partial charge in [-0.3, -0.25) is 4.98 Å². The molecular weight excluding hydrogens is 409 g/mol. The van der Waals surface area contributed by atoms with Gasteiger partial charge in [-0.25, -0.2) is 18.0 Å². The van der Waals surface area contributed by atoms with E-state index in [9.17, 15) is 18.0 Å². The summed E-state index contributed by atoms with van der Waals surface area (Å²) in [6.45, 7) is 3.23. The molecule has 0 spiro atoms. The Morgan fingerprint density at radius 1 is 1.16 bits per heavy atom. The maximum absolute atomic E-state index is 14.3. The fourth-order valence-corrected chi connectivity index (χ4v) is 3.41. The summed E-state index contributed by atoms with van der Waals surface area (Å²) in [5, 5.41) is 20.0. The van der Waals surface area contributed by atoms with Crippen molar-refractivity contribution in [2.24, 2.45) is 0 Å². The van der Waals surface area contributed by atoms with E-state index in [1.54, 1.807) is 6.92 Å². The lowest BCUT2D eigenvalue weighted by Crippen LogP contribution is -2.35. The third kappa shape index (κ3) is 5.17. The van der Waals surface area contributed by atoms with Crippen LogP contribution in [0.15, 0.2) is 48.7 Å². The van der Waals surface area contributed by atoms with Crippen LogP contribution in [0.2, 0.25) is 0 Å². The number of hydrogen-bond donors (Lipinski definition) is 2. The molecule has 0 amide bonds. The number of benzene rings is 1. The van der Waals surface area contributed by atoms with Gasteiger partial charge in [-0.2, -0.15) is 0 Å². The number of aromatic carboxylic acids is 1. The number of nitrogens with zero attached hydrogens (tertiary/aromatic N) is 3. The molecule has 0 aliphatic rings. The molecule has 162 valence electrons. The molecule has 0 fully saturated rings. The van der Waals surface area contributed by atoms with E-state index in [4.69, 9.17) is 5.11 Å². The van der Waals surface area contributed by atoms with Crippen molar-refractivity contribution in [1.29, 1.82) is 0 Å². The average Bonchev–Trinajstić information content (AvgIpc) is 2.73. The standard InChI is InChI=1S/C22H21F3N4O2/c1-13(23)11-22(2,20-17(25)4-3-9-26-20)12-27-19-8-7-18(28-29-19)15-10-14(21(30)31)5-6-16(15)24/h3-10,13H,11-12H2,1-2H3,(H,27,29)(H,30,31)/t13-,22-/m0/s1. The van der Waals surface area contributed by atoms with Gasteiger partial charge in [0.15, 0.2) is 0 Å². The zero-order chi connectivity index (χ0) is 22.6. The highest BCUT2D eigenvalue weighted by atomic mass is 19.1. The third-order valence-corrected chi connectivity index (χ3v) is 4.88. The zero-order valence-electron chi connectivity index (χ0n) is 16.9. The monoisotopic (exact) mass is 430 g/mol. The van der Waals surface area contributed by atoms with Crippen molar-refractivity contribution in [2.45, 2.75) is 31.9 Å². The molecule has 31 heavy (non-hydrogen) atoms. The highest BCUT2D eigenvalue weighted by Gasteiger charge is 2.33. The number of alkyl halides is 1. The molecule has 1 aromatic carbocycles. The van der Waals surface area contributed by atoms with Gasteiger partial charge < -0.3 is 10.4 Å². The van der Waals surface area contributed by atoms with Gasteiger partial charge in [0.05, 0.1) is 23.1 Å². The lowest BCUT2D eigenvalue weighted by molar-refractivity contribution is 0.0697. The number of anilines is 1. The minimum atomic E-state index is -1.19. The molecule has 2 N–H and O–H groups in total. The van der Waals surface area contributed by atoms with Crippen molar-refractivity contribution in [2.75, 3.05) is 11.9 Å². The maximum Gasteiger partial charge on any atom is 0.335 e. The van der Waals surface area contributed by atoms with Gasteiger partial charge in [-0.1, -0.05) is 6.92 Å². The van der Waals surface area contributed by atoms with E-state index in [2.05, 4.69) is 20.5 Å². The SMILES string of the molecule is C[C@H](F)C[C@@](C)(CNc1ccc(-c2cc(C(=O)O)ccc2F)nn1)c1ncccc1F. The predicted molar refractivity (Wildman–Crippen MR) is 110 cm³/mol. The summed E-state index contributed by atoms with van der Waals surface area (Å²) in [7, 11) is 0. The van der Waals surface area contributed by atoms with Crippen LogP contribution in [0.25, 0.3) is 11.3 Å². The van der Waals surface area contributed by atoms with Crippen LogP contribution in [0.3, 0.4) is 0 Å². The van der Waals surface area contributed by atoms with E-state index in [0.717, 1.165) is 12.1 Å². The topological polar surface area (TPSA) is 88.0 Å². The van der Waals surface area contributed by atoms with E-state index in [0.29, 0.717) is 5.82 Å². The Morgan fingerprint density at radius 2 is 1.94 bits per heavy atom. The second kappa shape index (κ2) is 9.11. The minimum absolute atomic E-state index is 0.00518. The molecule has 0 saturated heterocycles. The van der Waals surface area contributed by atoms with Gasteiger partial charge >= 0.3 is 5.97 Å². The lowest BCUT2D eigenvalue weighted by atomic mass is 9.81. The fourth-order valence-electron chi connectivity index (χ4n) is 3.41. The molecule has 3 aromatic rings. The Hall–Kier alpha value is -3.49. The molecule has 0 unspecified atom stereocenters. The second-order valence-electron chi connectivity index (χ2n) is 7.54. The average molecular weight is 430 g/mol. The Bertz CT molecular complexity index is 1080. The van der Waals surface area contributed by atoms with Crippen LogP contribution in [-0.2, 0) is 5.41 Å². The quantitative estimate of drug-likeness (QED) is 0.542. The number of halogens is 3. The van der Waals surface area contributed by atoms with Gasteiger partial charge in [0.25, 0.3) is 0 Å². The molecule has 2 heterocycles. The maximum atomic E-state index is 14.3. The van der Waals surface area contributed by atoms with E-state index in [1.165, 1.54) is 43.5 Å². The van der Waals surface area contributed by atoms with E-state index < -0.39 is 29.2 Å². The first-order valence-electron chi connectivity index (χ1n) is 9.55. The number of nitrogens with one attached hydrogen (secondary N) is 1. The number of hydrogen-bond acceptors (Lipinski definition) is 5. The van der Waals surface area contributed by atoms with Crippen molar-refractivity contribution < 1.29 is 23.1 Å². The summed E-state index contributed by atoms with van der Waals surface area (Å²) in [6.07, 6.45) is 0.298. The van der Waals surface area contributed by atoms with E-state index in [1.807, 2.05) is 0 Å². The summed E-state index contributed by atoms with van der Waals surface area (Å²) in [5.41, 5.74) is -0.729. The summed E-state index contributed by atoms with van der Waals surface area (Å²) in [5.74, 6) is -2.03. The fraction of sp³-hybridized carbons (Fsp3) is 0.273. The number of aromatic nitrogens is 3. The summed E-state index contributed by atoms with van der Waals surface area (Å²) >= 11 is 0. The summed E-state index contributed by atoms with van der Waals surface area (Å²) < 4.78 is 42.3. The third-order valence-electron chi connectivity index (χ3n) is 4.88. The molecule has 0 aliphatic carbocycles. The molecule has 2 atom stereocenters. The highest BCUT2D eigenvalue weighted by molar-refractivity contribution is 5.89. The number of carbonyl (C=O) groups is 1. The first-order valence-corrected chi connectivity index (χ1v) is 9.55. The van der Waals surface area contributed by atoms with Crippen molar-refractivity contribution in [3.8, 4) is 11.3 Å². The van der Waals surface area contributed by atoms with Gasteiger partial charge in [-0.05, 0) is 55.8 Å². The number of pyridine rings is 1. The van der Waals surface area contributed by atoms with Crippen LogP contribution < -0.4 is 5.32 Å². The molecule has 0 aliphatic heterocycles. The summed E-state index contributed by atoms with van der Waals surface area (Å²) in [6, 6.07) is 9.15. The Kier molecular flexibility index (Phi) is 6.53. The molecule has 2 aromatic heterocycles. The predicted octanol–water partition coefficient (Wildman–Crippen LogP) is 4.63. The van der Waals surface area contributed by atoms with Crippen molar-refractivity contribution >= 4 is 11.8 Å². The molecule has 9 heteroatoms. The van der Waals surface area contributed by atoms with E-state index in [-0.39, 0.29) is 35.5 Å². The van der Waals surface area contributed by atoms with Crippen LogP contribution in [0.4, 0.5) is 19.0 Å². The first kappa shape index (κ1) is 22.2. The molecular formula is C22H21F3N4O2. The number of rotatable bonds is 8. The van der Waals surface area contributed by atoms with Crippen LogP contribution in [-0.4, -0.2) is 39.0 Å². The smallest absolute Gasteiger partial charge is 0.335 e. The normalized spacial score (nSPS) is 14.0. The zero-order valence-corrected chi connectivity index (χ0v) is 16.9. The van der Waals surface area contributed by atoms with Gasteiger partial charge in [0.2, 0.25) is 0 Å². The lowest BCUT2D eigenvalue weighted by Gasteiger charge is -2.30. The molecule has 0 radical (unpaired) electrons. The van der Waals surface area contributed by atoms with Crippen LogP contribution in [0, 0.1) is 11.6 Å². The highest BCUT2D eigenvalue weighted by Crippen LogP contribution is 2.31. The molecule has 6 nitrogen and oxygen atoms in total. The van der Waals surface area contributed by atoms with Crippen molar-refractivity contribution in [1.82, 2.24) is 15.2 Å². The number of carboxylic acid groups (broad SMARTS) is 1. The van der Waals surface area contributed by atoms with Gasteiger partial charge in [-0.15, -0.1) is 10.2 Å². The van der Waals surface area contributed by atoms with Gasteiger partial charge in [0.1, 0.15) is 17.5 Å². The summed E-state index contributed by atoms with van der Waals surface area (Å²) in [4.78, 5) is 15.2. The Morgan fingerprint density at radius 3 is 2.55 bits per heavy atom. The molecule has 3 rings (SSSR count).